The molecule has 1 atom stereocenters. The Morgan fingerprint density at radius 2 is 1.95 bits per heavy atom. The monoisotopic (exact) mass is 304 g/mol. The van der Waals surface area contributed by atoms with Crippen molar-refractivity contribution in [3.8, 4) is 0 Å². The first kappa shape index (κ1) is 17.0. The van der Waals surface area contributed by atoms with Gasteiger partial charge in [-0.3, -0.25) is 9.69 Å². The van der Waals surface area contributed by atoms with Gasteiger partial charge in [0, 0.05) is 13.1 Å². The molecule has 0 bridgehead atoms. The molecule has 4 heteroatoms. The van der Waals surface area contributed by atoms with E-state index in [1.807, 2.05) is 36.9 Å². The van der Waals surface area contributed by atoms with Crippen molar-refractivity contribution in [3.05, 3.63) is 35.9 Å². The summed E-state index contributed by atoms with van der Waals surface area (Å²) < 4.78 is 0. The highest BCUT2D eigenvalue weighted by atomic mass is 16.3. The van der Waals surface area contributed by atoms with Crippen molar-refractivity contribution in [1.29, 1.82) is 0 Å². The lowest BCUT2D eigenvalue weighted by Crippen LogP contribution is -2.44. The van der Waals surface area contributed by atoms with Crippen molar-refractivity contribution in [1.82, 2.24) is 9.80 Å². The molecule has 1 aliphatic rings. The zero-order valence-corrected chi connectivity index (χ0v) is 13.7. The average molecular weight is 304 g/mol. The average Bonchev–Trinajstić information content (AvgIpc) is 2.54. The molecular formula is C18H28N2O2. The molecule has 0 aliphatic carbocycles. The van der Waals surface area contributed by atoms with Gasteiger partial charge in [0.2, 0.25) is 5.91 Å². The normalized spacial score (nSPS) is 18.1. The second kappa shape index (κ2) is 8.30. The van der Waals surface area contributed by atoms with Crippen LogP contribution in [0.3, 0.4) is 0 Å². The third kappa shape index (κ3) is 4.82. The summed E-state index contributed by atoms with van der Waals surface area (Å²) in [6, 6.07) is 10.1. The molecule has 0 radical (unpaired) electrons. The molecule has 1 unspecified atom stereocenters. The maximum atomic E-state index is 12.5. The summed E-state index contributed by atoms with van der Waals surface area (Å²) in [5, 5.41) is 9.64. The fourth-order valence-corrected chi connectivity index (χ4v) is 3.06. The van der Waals surface area contributed by atoms with Gasteiger partial charge in [-0.05, 0) is 51.3 Å². The van der Waals surface area contributed by atoms with Crippen LogP contribution < -0.4 is 0 Å². The van der Waals surface area contributed by atoms with Crippen molar-refractivity contribution in [2.24, 2.45) is 5.92 Å². The maximum absolute atomic E-state index is 12.5. The molecule has 1 saturated heterocycles. The minimum atomic E-state index is -0.233. The van der Waals surface area contributed by atoms with Crippen molar-refractivity contribution in [2.75, 3.05) is 26.2 Å². The highest BCUT2D eigenvalue weighted by molar-refractivity contribution is 5.78. The first-order valence-corrected chi connectivity index (χ1v) is 8.32. The van der Waals surface area contributed by atoms with Crippen molar-refractivity contribution < 1.29 is 9.90 Å². The van der Waals surface area contributed by atoms with Gasteiger partial charge in [0.25, 0.3) is 0 Å². The summed E-state index contributed by atoms with van der Waals surface area (Å²) in [5.74, 6) is 0.583. The molecule has 1 fully saturated rings. The van der Waals surface area contributed by atoms with Crippen LogP contribution in [-0.2, 0) is 11.3 Å². The van der Waals surface area contributed by atoms with E-state index in [9.17, 15) is 9.90 Å². The van der Waals surface area contributed by atoms with Crippen LogP contribution in [0.5, 0.6) is 0 Å². The largest absolute Gasteiger partial charge is 0.393 e. The number of benzene rings is 1. The molecule has 0 aromatic heterocycles. The van der Waals surface area contributed by atoms with Gasteiger partial charge < -0.3 is 10.0 Å². The number of amides is 1. The van der Waals surface area contributed by atoms with E-state index in [0.717, 1.165) is 32.5 Å². The van der Waals surface area contributed by atoms with E-state index >= 15 is 0 Å². The summed E-state index contributed by atoms with van der Waals surface area (Å²) >= 11 is 0. The van der Waals surface area contributed by atoms with E-state index < -0.39 is 0 Å². The molecule has 1 aromatic carbocycles. The SMILES string of the molecule is CCN(Cc1ccccc1)C(=O)CN1CCC(C(C)O)CC1. The van der Waals surface area contributed by atoms with Crippen LogP contribution in [0.1, 0.15) is 32.3 Å². The number of likely N-dealkylation sites (N-methyl/N-ethyl adjacent to an activating group) is 1. The number of piperidine rings is 1. The van der Waals surface area contributed by atoms with Crippen LogP contribution in [0.4, 0.5) is 0 Å². The third-order valence-electron chi connectivity index (χ3n) is 4.62. The standard InChI is InChI=1S/C18H28N2O2/c1-3-20(13-16-7-5-4-6-8-16)18(22)14-19-11-9-17(10-12-19)15(2)21/h4-8,15,17,21H,3,9-14H2,1-2H3. The lowest BCUT2D eigenvalue weighted by molar-refractivity contribution is -0.133. The van der Waals surface area contributed by atoms with Gasteiger partial charge in [0.05, 0.1) is 12.6 Å². The number of nitrogens with zero attached hydrogens (tertiary/aromatic N) is 2. The predicted octanol–water partition coefficient (Wildman–Crippen LogP) is 2.13. The van der Waals surface area contributed by atoms with Crippen molar-refractivity contribution >= 4 is 5.91 Å². The van der Waals surface area contributed by atoms with Crippen LogP contribution >= 0.6 is 0 Å². The summed E-state index contributed by atoms with van der Waals surface area (Å²) in [6.07, 6.45) is 1.73. The van der Waals surface area contributed by atoms with Crippen molar-refractivity contribution in [2.45, 2.75) is 39.3 Å². The number of hydrogen-bond donors (Lipinski definition) is 1. The molecule has 2 rings (SSSR count). The molecule has 0 spiro atoms. The predicted molar refractivity (Wildman–Crippen MR) is 88.4 cm³/mol. The Hall–Kier alpha value is -1.39. The highest BCUT2D eigenvalue weighted by Crippen LogP contribution is 2.20. The lowest BCUT2D eigenvalue weighted by atomic mass is 9.92. The summed E-state index contributed by atoms with van der Waals surface area (Å²) in [6.45, 7) is 7.62. The molecule has 1 N–H and O–H groups in total. The van der Waals surface area contributed by atoms with Crippen LogP contribution in [0.2, 0.25) is 0 Å². The van der Waals surface area contributed by atoms with E-state index in [-0.39, 0.29) is 12.0 Å². The Morgan fingerprint density at radius 3 is 2.50 bits per heavy atom. The molecule has 1 aromatic rings. The first-order valence-electron chi connectivity index (χ1n) is 8.32. The zero-order chi connectivity index (χ0) is 15.9. The molecule has 1 heterocycles. The van der Waals surface area contributed by atoms with Gasteiger partial charge in [-0.1, -0.05) is 30.3 Å². The van der Waals surface area contributed by atoms with Gasteiger partial charge in [-0.2, -0.15) is 0 Å². The number of carbonyl (C=O) groups is 1. The quantitative estimate of drug-likeness (QED) is 0.875. The van der Waals surface area contributed by atoms with Crippen molar-refractivity contribution in [3.63, 3.8) is 0 Å². The maximum Gasteiger partial charge on any atom is 0.237 e. The molecule has 1 aliphatic heterocycles. The third-order valence-corrected chi connectivity index (χ3v) is 4.62. The number of rotatable bonds is 6. The fraction of sp³-hybridized carbons (Fsp3) is 0.611. The lowest BCUT2D eigenvalue weighted by Gasteiger charge is -2.34. The second-order valence-corrected chi connectivity index (χ2v) is 6.25. The van der Waals surface area contributed by atoms with E-state index in [0.29, 0.717) is 19.0 Å². The molecule has 4 nitrogen and oxygen atoms in total. The molecule has 0 saturated carbocycles. The van der Waals surface area contributed by atoms with Gasteiger partial charge in [0.15, 0.2) is 0 Å². The number of carbonyl (C=O) groups excluding carboxylic acids is 1. The Bertz CT molecular complexity index is 453. The van der Waals surface area contributed by atoms with E-state index in [4.69, 9.17) is 0 Å². The number of hydrogen-bond acceptors (Lipinski definition) is 3. The van der Waals surface area contributed by atoms with E-state index in [1.165, 1.54) is 5.56 Å². The Labute approximate surface area is 133 Å². The van der Waals surface area contributed by atoms with E-state index in [2.05, 4.69) is 17.0 Å². The Kier molecular flexibility index (Phi) is 6.40. The van der Waals surface area contributed by atoms with E-state index in [1.54, 1.807) is 0 Å². The Morgan fingerprint density at radius 1 is 1.32 bits per heavy atom. The van der Waals surface area contributed by atoms with Gasteiger partial charge in [0.1, 0.15) is 0 Å². The van der Waals surface area contributed by atoms with Crippen LogP contribution in [-0.4, -0.2) is 53.1 Å². The number of aliphatic hydroxyl groups is 1. The minimum Gasteiger partial charge on any atom is -0.393 e. The molecule has 122 valence electrons. The molecule has 22 heavy (non-hydrogen) atoms. The van der Waals surface area contributed by atoms with Gasteiger partial charge in [-0.25, -0.2) is 0 Å². The number of aliphatic hydroxyl groups excluding tert-OH is 1. The summed E-state index contributed by atoms with van der Waals surface area (Å²) in [7, 11) is 0. The zero-order valence-electron chi connectivity index (χ0n) is 13.7. The van der Waals surface area contributed by atoms with Gasteiger partial charge in [-0.15, -0.1) is 0 Å². The summed E-state index contributed by atoms with van der Waals surface area (Å²) in [4.78, 5) is 16.6. The number of likely N-dealkylation sites (tertiary alicyclic amines) is 1. The van der Waals surface area contributed by atoms with Crippen LogP contribution in [0, 0.1) is 5.92 Å². The topological polar surface area (TPSA) is 43.8 Å². The second-order valence-electron chi connectivity index (χ2n) is 6.25. The Balaban J connectivity index is 1.83. The first-order chi connectivity index (χ1) is 10.6. The summed E-state index contributed by atoms with van der Waals surface area (Å²) in [5.41, 5.74) is 1.17. The minimum absolute atomic E-state index is 0.196. The van der Waals surface area contributed by atoms with Crippen LogP contribution in [0.25, 0.3) is 0 Å². The van der Waals surface area contributed by atoms with Gasteiger partial charge >= 0.3 is 0 Å². The molecular weight excluding hydrogens is 276 g/mol. The fourth-order valence-electron chi connectivity index (χ4n) is 3.06. The van der Waals surface area contributed by atoms with Crippen LogP contribution in [0.15, 0.2) is 30.3 Å². The smallest absolute Gasteiger partial charge is 0.237 e. The highest BCUT2D eigenvalue weighted by Gasteiger charge is 2.24. The molecule has 1 amide bonds.